The van der Waals surface area contributed by atoms with Crippen LogP contribution in [-0.2, 0) is 9.36 Å². The van der Waals surface area contributed by atoms with E-state index in [0.717, 1.165) is 15.9 Å². The second-order valence-corrected chi connectivity index (χ2v) is 9.65. The second kappa shape index (κ2) is 7.41. The number of carboxylic acid groups (broad SMARTS) is 1. The molecule has 2 unspecified atom stereocenters. The van der Waals surface area contributed by atoms with Crippen LogP contribution in [0, 0.1) is 5.92 Å². The van der Waals surface area contributed by atoms with E-state index < -0.39 is 18.9 Å². The standard InChI is InChI=1S/C17H20NO3PS/c1-12(2)10-17(3,16(19)20)22(21)11-23-15-9-8-13-6-4-5-7-14(13)18-15/h4-9,12H,10-11H2,1-3H3/p+1. The van der Waals surface area contributed by atoms with Gasteiger partial charge in [-0.15, -0.1) is 0 Å². The molecule has 2 rings (SSSR count). The van der Waals surface area contributed by atoms with E-state index in [1.54, 1.807) is 6.92 Å². The molecule has 0 radical (unpaired) electrons. The molecule has 0 aliphatic carbocycles. The molecular formula is C17H21NO3PS+. The number of thioether (sulfide) groups is 1. The van der Waals surface area contributed by atoms with Crippen molar-refractivity contribution in [3.05, 3.63) is 36.4 Å². The van der Waals surface area contributed by atoms with Crippen LogP contribution in [-0.4, -0.2) is 26.7 Å². The van der Waals surface area contributed by atoms with Crippen molar-refractivity contribution >= 4 is 36.4 Å². The first-order chi connectivity index (χ1) is 10.8. The van der Waals surface area contributed by atoms with Gasteiger partial charge in [0.05, 0.1) is 5.52 Å². The predicted molar refractivity (Wildman–Crippen MR) is 95.6 cm³/mol. The van der Waals surface area contributed by atoms with Crippen LogP contribution in [0.15, 0.2) is 41.4 Å². The molecule has 0 aliphatic rings. The molecule has 0 aliphatic heterocycles. The minimum Gasteiger partial charge on any atom is -0.478 e. The summed E-state index contributed by atoms with van der Waals surface area (Å²) in [5.41, 5.74) is 1.15. The number of rotatable bonds is 7. The molecule has 23 heavy (non-hydrogen) atoms. The normalized spacial score (nSPS) is 14.7. The molecule has 0 spiro atoms. The van der Waals surface area contributed by atoms with E-state index in [1.807, 2.05) is 50.2 Å². The van der Waals surface area contributed by atoms with Gasteiger partial charge >= 0.3 is 13.8 Å². The molecule has 122 valence electrons. The number of aromatic nitrogens is 1. The largest absolute Gasteiger partial charge is 0.478 e. The molecule has 0 saturated carbocycles. The average Bonchev–Trinajstić information content (AvgIpc) is 2.51. The summed E-state index contributed by atoms with van der Waals surface area (Å²) in [5.74, 6) is -0.807. The number of nitrogens with zero attached hydrogens (tertiary/aromatic N) is 1. The fourth-order valence-corrected chi connectivity index (χ4v) is 5.73. The number of carbonyl (C=O) groups is 1. The molecular weight excluding hydrogens is 329 g/mol. The minimum absolute atomic E-state index is 0.179. The lowest BCUT2D eigenvalue weighted by molar-refractivity contribution is -0.140. The summed E-state index contributed by atoms with van der Waals surface area (Å²) in [6.07, 6.45) is 0.406. The maximum atomic E-state index is 12.6. The van der Waals surface area contributed by atoms with Crippen molar-refractivity contribution in [1.82, 2.24) is 4.98 Å². The first-order valence-corrected chi connectivity index (χ1v) is 9.93. The third kappa shape index (κ3) is 4.30. The lowest BCUT2D eigenvalue weighted by Gasteiger charge is -2.16. The molecule has 1 N–H and O–H groups in total. The molecule has 1 aromatic carbocycles. The molecule has 0 amide bonds. The third-order valence-corrected chi connectivity index (χ3v) is 7.17. The Labute approximate surface area is 141 Å². The Hall–Kier alpha value is -1.45. The van der Waals surface area contributed by atoms with Gasteiger partial charge in [0, 0.05) is 11.8 Å². The maximum Gasteiger partial charge on any atom is 0.367 e. The van der Waals surface area contributed by atoms with Crippen LogP contribution in [0.4, 0.5) is 0 Å². The SMILES string of the molecule is CC(C)CC(C)(C(=O)O)[P+](=O)CSc1ccc2ccccc2n1. The van der Waals surface area contributed by atoms with Crippen molar-refractivity contribution in [2.45, 2.75) is 37.4 Å². The highest BCUT2D eigenvalue weighted by Crippen LogP contribution is 2.47. The average molecular weight is 350 g/mol. The molecule has 4 nitrogen and oxygen atoms in total. The zero-order chi connectivity index (χ0) is 17.0. The highest BCUT2D eigenvalue weighted by molar-refractivity contribution is 8.03. The van der Waals surface area contributed by atoms with Gasteiger partial charge < -0.3 is 5.11 Å². The number of para-hydroxylation sites is 1. The zero-order valence-electron chi connectivity index (χ0n) is 13.5. The van der Waals surface area contributed by atoms with Crippen molar-refractivity contribution in [3.63, 3.8) is 0 Å². The van der Waals surface area contributed by atoms with Gasteiger partial charge in [-0.3, -0.25) is 0 Å². The molecule has 1 heterocycles. The fraction of sp³-hybridized carbons (Fsp3) is 0.412. The van der Waals surface area contributed by atoms with Gasteiger partial charge in [-0.05, 0) is 25.0 Å². The van der Waals surface area contributed by atoms with E-state index in [2.05, 4.69) is 4.98 Å². The van der Waals surface area contributed by atoms with E-state index in [0.29, 0.717) is 6.42 Å². The smallest absolute Gasteiger partial charge is 0.367 e. The van der Waals surface area contributed by atoms with E-state index in [-0.39, 0.29) is 11.4 Å². The van der Waals surface area contributed by atoms with Crippen LogP contribution in [0.3, 0.4) is 0 Å². The number of benzene rings is 1. The molecule has 1 aromatic heterocycles. The first-order valence-electron chi connectivity index (χ1n) is 7.49. The number of pyridine rings is 1. The molecule has 2 atom stereocenters. The fourth-order valence-electron chi connectivity index (χ4n) is 2.49. The van der Waals surface area contributed by atoms with Gasteiger partial charge in [-0.25, -0.2) is 9.78 Å². The molecule has 2 aromatic rings. The number of fused-ring (bicyclic) bond motifs is 1. The lowest BCUT2D eigenvalue weighted by atomic mass is 9.98. The molecule has 0 bridgehead atoms. The van der Waals surface area contributed by atoms with Crippen molar-refractivity contribution in [2.24, 2.45) is 5.92 Å². The van der Waals surface area contributed by atoms with Gasteiger partial charge in [0.1, 0.15) is 5.03 Å². The van der Waals surface area contributed by atoms with Gasteiger partial charge in [-0.1, -0.05) is 54.4 Å². The Morgan fingerprint density at radius 3 is 2.65 bits per heavy atom. The van der Waals surface area contributed by atoms with Gasteiger partial charge in [-0.2, -0.15) is 0 Å². The molecule has 0 fully saturated rings. The van der Waals surface area contributed by atoms with Crippen molar-refractivity contribution in [1.29, 1.82) is 0 Å². The van der Waals surface area contributed by atoms with Crippen LogP contribution in [0.25, 0.3) is 10.9 Å². The van der Waals surface area contributed by atoms with Crippen LogP contribution < -0.4 is 0 Å². The van der Waals surface area contributed by atoms with Gasteiger partial charge in [0.2, 0.25) is 0 Å². The maximum absolute atomic E-state index is 12.6. The summed E-state index contributed by atoms with van der Waals surface area (Å²) in [7, 11) is -1.89. The highest BCUT2D eigenvalue weighted by Gasteiger charge is 2.51. The molecule has 0 saturated heterocycles. The Morgan fingerprint density at radius 1 is 1.30 bits per heavy atom. The minimum atomic E-state index is -1.89. The first kappa shape index (κ1) is 17.9. The monoisotopic (exact) mass is 350 g/mol. The van der Waals surface area contributed by atoms with Gasteiger partial charge in [0.15, 0.2) is 5.49 Å². The number of hydrogen-bond donors (Lipinski definition) is 1. The molecule has 6 heteroatoms. The summed E-state index contributed by atoms with van der Waals surface area (Å²) in [4.78, 5) is 16.1. The Balaban J connectivity index is 2.11. The second-order valence-electron chi connectivity index (χ2n) is 6.17. The topological polar surface area (TPSA) is 67.3 Å². The quantitative estimate of drug-likeness (QED) is 0.562. The van der Waals surface area contributed by atoms with Crippen molar-refractivity contribution in [2.75, 3.05) is 5.49 Å². The van der Waals surface area contributed by atoms with Crippen LogP contribution in [0.1, 0.15) is 27.2 Å². The Bertz CT molecular complexity index is 735. The zero-order valence-corrected chi connectivity index (χ0v) is 15.2. The number of hydrogen-bond acceptors (Lipinski definition) is 4. The summed E-state index contributed by atoms with van der Waals surface area (Å²) >= 11 is 1.36. The lowest BCUT2D eigenvalue weighted by Crippen LogP contribution is -2.33. The summed E-state index contributed by atoms with van der Waals surface area (Å²) in [6, 6.07) is 11.7. The highest BCUT2D eigenvalue weighted by atomic mass is 32.2. The summed E-state index contributed by atoms with van der Waals surface area (Å²) in [6.45, 7) is 5.48. The summed E-state index contributed by atoms with van der Waals surface area (Å²) < 4.78 is 12.6. The number of carboxylic acids is 1. The summed E-state index contributed by atoms with van der Waals surface area (Å²) in [5, 5.41) is 10.1. The van der Waals surface area contributed by atoms with Crippen molar-refractivity contribution in [3.8, 4) is 0 Å². The van der Waals surface area contributed by atoms with Gasteiger partial charge in [0.25, 0.3) is 5.16 Å². The number of aliphatic carboxylic acids is 1. The van der Waals surface area contributed by atoms with E-state index >= 15 is 0 Å². The van der Waals surface area contributed by atoms with E-state index in [9.17, 15) is 14.5 Å². The van der Waals surface area contributed by atoms with Crippen molar-refractivity contribution < 1.29 is 14.5 Å². The van der Waals surface area contributed by atoms with Crippen LogP contribution >= 0.6 is 19.6 Å². The Morgan fingerprint density at radius 2 is 2.00 bits per heavy atom. The van der Waals surface area contributed by atoms with E-state index in [4.69, 9.17) is 0 Å². The van der Waals surface area contributed by atoms with Crippen LogP contribution in [0.2, 0.25) is 0 Å². The predicted octanol–water partition coefficient (Wildman–Crippen LogP) is 5.00. The van der Waals surface area contributed by atoms with E-state index in [1.165, 1.54) is 11.8 Å². The Kier molecular flexibility index (Phi) is 5.77. The van der Waals surface area contributed by atoms with Crippen LogP contribution in [0.5, 0.6) is 0 Å². The third-order valence-electron chi connectivity index (χ3n) is 3.72.